The lowest BCUT2D eigenvalue weighted by Crippen LogP contribution is -1.99. The first-order chi connectivity index (χ1) is 6.51. The van der Waals surface area contributed by atoms with E-state index in [1.54, 1.807) is 0 Å². The highest BCUT2D eigenvalue weighted by Crippen LogP contribution is 2.19. The van der Waals surface area contributed by atoms with Crippen LogP contribution in [-0.2, 0) is 20.8 Å². The van der Waals surface area contributed by atoms with Crippen LogP contribution >= 0.6 is 10.7 Å². The smallest absolute Gasteiger partial charge is 0.371 e. The summed E-state index contributed by atoms with van der Waals surface area (Å²) in [5.74, 6) is 0.0647. The minimum Gasteiger partial charge on any atom is -0.371 e. The molecular weight excluding hydrogens is 250 g/mol. The molecular formula is C6H4ClNO4S2. The topological polar surface area (TPSA) is 72.8 Å². The lowest BCUT2D eigenvalue weighted by Gasteiger charge is -1.99. The lowest BCUT2D eigenvalue weighted by molar-refractivity contribution is 0.503. The number of rotatable bonds is 3. The molecule has 0 N–H and O–H groups in total. The van der Waals surface area contributed by atoms with E-state index in [1.165, 1.54) is 24.3 Å². The molecule has 0 saturated carbocycles. The molecule has 1 aromatic carbocycles. The molecule has 14 heavy (non-hydrogen) atoms. The molecule has 0 aliphatic rings. The van der Waals surface area contributed by atoms with E-state index < -0.39 is 9.33 Å². The SMILES string of the molecule is O=S=Nc1ccc(OS(=O)(=O)Cl)cc1. The first kappa shape index (κ1) is 11.2. The molecule has 0 atom stereocenters. The normalized spacial score (nSPS) is 10.6. The number of hydrogen-bond donors (Lipinski definition) is 0. The number of halogens is 1. The standard InChI is InChI=1S/C6H4ClNO4S2/c7-14(10,11)12-6-3-1-5(2-4-6)8-13-9/h1-4H. The number of hydrogen-bond acceptors (Lipinski definition) is 5. The van der Waals surface area contributed by atoms with Gasteiger partial charge in [-0.2, -0.15) is 17.0 Å². The molecule has 0 radical (unpaired) electrons. The second-order valence-corrected chi connectivity index (χ2v) is 4.55. The quantitative estimate of drug-likeness (QED) is 0.767. The van der Waals surface area contributed by atoms with E-state index in [9.17, 15) is 12.6 Å². The molecule has 76 valence electrons. The molecule has 0 heterocycles. The van der Waals surface area contributed by atoms with E-state index in [-0.39, 0.29) is 17.2 Å². The third-order valence-corrected chi connectivity index (χ3v) is 2.04. The zero-order chi connectivity index (χ0) is 10.6. The average molecular weight is 254 g/mol. The summed E-state index contributed by atoms with van der Waals surface area (Å²) in [6.07, 6.45) is 0. The van der Waals surface area contributed by atoms with Gasteiger partial charge in [0.2, 0.25) is 11.5 Å². The Morgan fingerprint density at radius 2 is 1.86 bits per heavy atom. The summed E-state index contributed by atoms with van der Waals surface area (Å²) >= 11 is 0.0636. The summed E-state index contributed by atoms with van der Waals surface area (Å²) in [7, 11) is 0.813. The van der Waals surface area contributed by atoms with E-state index >= 15 is 0 Å². The summed E-state index contributed by atoms with van der Waals surface area (Å²) in [5, 5.41) is 0. The third kappa shape index (κ3) is 3.86. The third-order valence-electron chi connectivity index (χ3n) is 1.18. The van der Waals surface area contributed by atoms with Gasteiger partial charge in [-0.05, 0) is 24.3 Å². The maximum atomic E-state index is 10.5. The first-order valence-electron chi connectivity index (χ1n) is 3.25. The van der Waals surface area contributed by atoms with Gasteiger partial charge in [0.25, 0.3) is 0 Å². The van der Waals surface area contributed by atoms with Crippen molar-refractivity contribution in [1.82, 2.24) is 0 Å². The van der Waals surface area contributed by atoms with Crippen LogP contribution in [0.5, 0.6) is 5.75 Å². The summed E-state index contributed by atoms with van der Waals surface area (Å²) < 4.78 is 38.8. The monoisotopic (exact) mass is 253 g/mol. The predicted molar refractivity (Wildman–Crippen MR) is 52.1 cm³/mol. The molecule has 0 aromatic heterocycles. The van der Waals surface area contributed by atoms with Gasteiger partial charge >= 0.3 is 9.33 Å². The van der Waals surface area contributed by atoms with Gasteiger partial charge in [0, 0.05) is 0 Å². The molecule has 5 nitrogen and oxygen atoms in total. The highest BCUT2D eigenvalue weighted by atomic mass is 35.7. The molecule has 1 aromatic rings. The van der Waals surface area contributed by atoms with E-state index in [4.69, 9.17) is 10.7 Å². The van der Waals surface area contributed by atoms with Crippen LogP contribution in [0, 0.1) is 0 Å². The lowest BCUT2D eigenvalue weighted by atomic mass is 10.3. The Morgan fingerprint density at radius 1 is 1.29 bits per heavy atom. The maximum Gasteiger partial charge on any atom is 0.401 e. The molecule has 0 spiro atoms. The Labute approximate surface area is 88.5 Å². The average Bonchev–Trinajstić information content (AvgIpc) is 2.06. The fraction of sp³-hybridized carbons (Fsp3) is 0. The molecule has 0 unspecified atom stereocenters. The second kappa shape index (κ2) is 4.54. The van der Waals surface area contributed by atoms with Gasteiger partial charge in [-0.1, -0.05) is 0 Å². The van der Waals surface area contributed by atoms with Gasteiger partial charge in [-0.25, -0.2) is 0 Å². The van der Waals surface area contributed by atoms with Crippen LogP contribution in [0.1, 0.15) is 0 Å². The van der Waals surface area contributed by atoms with E-state index in [1.807, 2.05) is 0 Å². The van der Waals surface area contributed by atoms with Crippen LogP contribution in [-0.4, -0.2) is 12.6 Å². The molecule has 0 bridgehead atoms. The summed E-state index contributed by atoms with van der Waals surface area (Å²) in [6, 6.07) is 5.55. The second-order valence-electron chi connectivity index (χ2n) is 2.14. The van der Waals surface area contributed by atoms with Crippen molar-refractivity contribution in [3.05, 3.63) is 24.3 Å². The van der Waals surface area contributed by atoms with Crippen molar-refractivity contribution >= 4 is 37.2 Å². The highest BCUT2D eigenvalue weighted by Gasteiger charge is 2.06. The predicted octanol–water partition coefficient (Wildman–Crippen LogP) is 1.58. The van der Waals surface area contributed by atoms with Gasteiger partial charge in [-0.3, -0.25) is 0 Å². The van der Waals surface area contributed by atoms with Gasteiger partial charge in [0.05, 0.1) is 16.4 Å². The Kier molecular flexibility index (Phi) is 3.62. The van der Waals surface area contributed by atoms with Crippen LogP contribution in [0.4, 0.5) is 5.69 Å². The fourth-order valence-corrected chi connectivity index (χ4v) is 1.49. The van der Waals surface area contributed by atoms with Crippen LogP contribution in [0.2, 0.25) is 0 Å². The molecule has 0 saturated heterocycles. The summed E-state index contributed by atoms with van der Waals surface area (Å²) in [4.78, 5) is 0. The van der Waals surface area contributed by atoms with Gasteiger partial charge < -0.3 is 4.18 Å². The van der Waals surface area contributed by atoms with Crippen LogP contribution < -0.4 is 4.18 Å². The molecule has 0 aliphatic heterocycles. The minimum absolute atomic E-state index is 0.0636. The Balaban J connectivity index is 2.89. The van der Waals surface area contributed by atoms with Crippen molar-refractivity contribution in [3.8, 4) is 5.75 Å². The number of nitrogens with zero attached hydrogens (tertiary/aromatic N) is 1. The molecule has 1 rings (SSSR count). The molecule has 0 fully saturated rings. The molecule has 0 amide bonds. The van der Waals surface area contributed by atoms with Gasteiger partial charge in [0.1, 0.15) is 5.75 Å². The van der Waals surface area contributed by atoms with Crippen molar-refractivity contribution in [1.29, 1.82) is 0 Å². The van der Waals surface area contributed by atoms with Crippen molar-refractivity contribution < 1.29 is 16.8 Å². The maximum absolute atomic E-state index is 10.5. The Bertz CT molecular complexity index is 463. The van der Waals surface area contributed by atoms with E-state index in [0.717, 1.165) is 0 Å². The van der Waals surface area contributed by atoms with Gasteiger partial charge in [-0.15, -0.1) is 0 Å². The highest BCUT2D eigenvalue weighted by molar-refractivity contribution is 8.10. The van der Waals surface area contributed by atoms with Crippen molar-refractivity contribution in [3.63, 3.8) is 0 Å². The fourth-order valence-electron chi connectivity index (χ4n) is 0.721. The minimum atomic E-state index is -4.03. The number of benzene rings is 1. The first-order valence-corrected chi connectivity index (χ1v) is 6.19. The van der Waals surface area contributed by atoms with Crippen LogP contribution in [0.15, 0.2) is 28.6 Å². The zero-order valence-corrected chi connectivity index (χ0v) is 8.97. The van der Waals surface area contributed by atoms with Crippen molar-refractivity contribution in [2.24, 2.45) is 4.36 Å². The molecule has 0 aliphatic carbocycles. The van der Waals surface area contributed by atoms with Crippen molar-refractivity contribution in [2.45, 2.75) is 0 Å². The largest absolute Gasteiger partial charge is 0.401 e. The Morgan fingerprint density at radius 3 is 2.29 bits per heavy atom. The van der Waals surface area contributed by atoms with Gasteiger partial charge in [0.15, 0.2) is 0 Å². The summed E-state index contributed by atoms with van der Waals surface area (Å²) in [6.45, 7) is 0. The Hall–Kier alpha value is -0.920. The van der Waals surface area contributed by atoms with E-state index in [0.29, 0.717) is 5.69 Å². The molecule has 8 heteroatoms. The van der Waals surface area contributed by atoms with Crippen molar-refractivity contribution in [2.75, 3.05) is 0 Å². The van der Waals surface area contributed by atoms with Crippen LogP contribution in [0.3, 0.4) is 0 Å². The van der Waals surface area contributed by atoms with Crippen LogP contribution in [0.25, 0.3) is 0 Å². The van der Waals surface area contributed by atoms with E-state index in [2.05, 4.69) is 8.55 Å². The summed E-state index contributed by atoms with van der Waals surface area (Å²) in [5.41, 5.74) is 0.421. The zero-order valence-electron chi connectivity index (χ0n) is 6.58.